The fourth-order valence-corrected chi connectivity index (χ4v) is 2.49. The molecule has 0 N–H and O–H groups in total. The highest BCUT2D eigenvalue weighted by Crippen LogP contribution is 2.22. The number of benzene rings is 2. The molecule has 0 saturated heterocycles. The van der Waals surface area contributed by atoms with Gasteiger partial charge in [0, 0.05) is 23.5 Å². The van der Waals surface area contributed by atoms with Crippen LogP contribution in [0.4, 0.5) is 4.39 Å². The summed E-state index contributed by atoms with van der Waals surface area (Å²) >= 11 is 0. The molecule has 3 heteroatoms. The standard InChI is InChI=1S/C19H16FNO/c1-14-11-19(22)21(17-9-7-15(12-20)8-10-17)13-18(14)16-5-3-2-4-6-16/h2-11,13H,12H2,1H3. The summed E-state index contributed by atoms with van der Waals surface area (Å²) < 4.78 is 14.2. The minimum absolute atomic E-state index is 0.0924. The van der Waals surface area contributed by atoms with Gasteiger partial charge in [-0.25, -0.2) is 4.39 Å². The Labute approximate surface area is 128 Å². The van der Waals surface area contributed by atoms with Gasteiger partial charge in [0.1, 0.15) is 6.67 Å². The number of rotatable bonds is 3. The highest BCUT2D eigenvalue weighted by atomic mass is 19.1. The van der Waals surface area contributed by atoms with Crippen molar-refractivity contribution in [1.82, 2.24) is 4.57 Å². The topological polar surface area (TPSA) is 22.0 Å². The second-order valence-corrected chi connectivity index (χ2v) is 5.24. The normalized spacial score (nSPS) is 10.6. The third-order valence-electron chi connectivity index (χ3n) is 3.71. The summed E-state index contributed by atoms with van der Waals surface area (Å²) in [6, 6.07) is 18.5. The molecule has 1 aromatic heterocycles. The van der Waals surface area contributed by atoms with E-state index >= 15 is 0 Å². The Morgan fingerprint density at radius 2 is 1.68 bits per heavy atom. The maximum absolute atomic E-state index is 12.6. The van der Waals surface area contributed by atoms with E-state index in [1.165, 1.54) is 0 Å². The van der Waals surface area contributed by atoms with Crippen molar-refractivity contribution in [3.63, 3.8) is 0 Å². The summed E-state index contributed by atoms with van der Waals surface area (Å²) in [5, 5.41) is 0. The molecule has 0 amide bonds. The van der Waals surface area contributed by atoms with Crippen LogP contribution < -0.4 is 5.56 Å². The van der Waals surface area contributed by atoms with Gasteiger partial charge in [-0.15, -0.1) is 0 Å². The number of aromatic nitrogens is 1. The molecule has 0 bridgehead atoms. The molecule has 0 aliphatic heterocycles. The monoisotopic (exact) mass is 293 g/mol. The van der Waals surface area contributed by atoms with Crippen molar-refractivity contribution < 1.29 is 4.39 Å². The molecule has 0 spiro atoms. The zero-order valence-electron chi connectivity index (χ0n) is 12.3. The van der Waals surface area contributed by atoms with Crippen LogP contribution in [0.3, 0.4) is 0 Å². The SMILES string of the molecule is Cc1cc(=O)n(-c2ccc(CF)cc2)cc1-c1ccccc1. The van der Waals surface area contributed by atoms with Gasteiger partial charge < -0.3 is 0 Å². The van der Waals surface area contributed by atoms with E-state index in [0.717, 1.165) is 22.4 Å². The van der Waals surface area contributed by atoms with E-state index in [9.17, 15) is 9.18 Å². The Balaban J connectivity index is 2.14. The molecule has 2 aromatic carbocycles. The van der Waals surface area contributed by atoms with Crippen LogP contribution in [0.15, 0.2) is 71.7 Å². The van der Waals surface area contributed by atoms with Crippen molar-refractivity contribution in [2.24, 2.45) is 0 Å². The lowest BCUT2D eigenvalue weighted by Crippen LogP contribution is -2.17. The van der Waals surface area contributed by atoms with Gasteiger partial charge in [0.05, 0.1) is 0 Å². The third-order valence-corrected chi connectivity index (χ3v) is 3.71. The molecule has 0 aliphatic rings. The Bertz CT molecular complexity index is 836. The number of alkyl halides is 1. The second kappa shape index (κ2) is 5.98. The van der Waals surface area contributed by atoms with Gasteiger partial charge in [0.25, 0.3) is 5.56 Å². The van der Waals surface area contributed by atoms with E-state index in [-0.39, 0.29) is 5.56 Å². The fraction of sp³-hybridized carbons (Fsp3) is 0.105. The highest BCUT2D eigenvalue weighted by molar-refractivity contribution is 5.66. The van der Waals surface area contributed by atoms with Crippen molar-refractivity contribution in [3.8, 4) is 16.8 Å². The molecule has 3 rings (SSSR count). The average molecular weight is 293 g/mol. The van der Waals surface area contributed by atoms with Gasteiger partial charge in [-0.2, -0.15) is 0 Å². The van der Waals surface area contributed by atoms with Gasteiger partial charge in [-0.1, -0.05) is 42.5 Å². The van der Waals surface area contributed by atoms with Gasteiger partial charge >= 0.3 is 0 Å². The van der Waals surface area contributed by atoms with Gasteiger partial charge in [-0.05, 0) is 35.7 Å². The summed E-state index contributed by atoms with van der Waals surface area (Å²) in [5.41, 5.74) is 4.26. The lowest BCUT2D eigenvalue weighted by atomic mass is 10.0. The largest absolute Gasteiger partial charge is 0.284 e. The lowest BCUT2D eigenvalue weighted by Gasteiger charge is -2.12. The number of aryl methyl sites for hydroxylation is 1. The van der Waals surface area contributed by atoms with Crippen LogP contribution in [0.1, 0.15) is 11.1 Å². The van der Waals surface area contributed by atoms with Crippen LogP contribution in [0, 0.1) is 6.92 Å². The molecular weight excluding hydrogens is 277 g/mol. The Morgan fingerprint density at radius 3 is 2.32 bits per heavy atom. The first-order valence-corrected chi connectivity index (χ1v) is 7.13. The van der Waals surface area contributed by atoms with Gasteiger partial charge in [0.2, 0.25) is 0 Å². The van der Waals surface area contributed by atoms with E-state index in [4.69, 9.17) is 0 Å². The average Bonchev–Trinajstić information content (AvgIpc) is 2.56. The highest BCUT2D eigenvalue weighted by Gasteiger charge is 2.07. The number of hydrogen-bond donors (Lipinski definition) is 0. The Hall–Kier alpha value is -2.68. The molecule has 0 saturated carbocycles. The molecule has 0 aliphatic carbocycles. The van der Waals surface area contributed by atoms with Crippen LogP contribution in [0.25, 0.3) is 16.8 Å². The summed E-state index contributed by atoms with van der Waals surface area (Å²) in [5.74, 6) is 0. The van der Waals surface area contributed by atoms with E-state index in [1.54, 1.807) is 34.9 Å². The molecule has 0 unspecified atom stereocenters. The quantitative estimate of drug-likeness (QED) is 0.706. The summed E-state index contributed by atoms with van der Waals surface area (Å²) in [6.07, 6.45) is 1.84. The van der Waals surface area contributed by atoms with Crippen molar-refractivity contribution in [1.29, 1.82) is 0 Å². The van der Waals surface area contributed by atoms with Gasteiger partial charge in [0.15, 0.2) is 0 Å². The molecule has 0 atom stereocenters. The van der Waals surface area contributed by atoms with Crippen LogP contribution >= 0.6 is 0 Å². The molecule has 2 nitrogen and oxygen atoms in total. The molecular formula is C19H16FNO. The number of nitrogens with zero attached hydrogens (tertiary/aromatic N) is 1. The van der Waals surface area contributed by atoms with Crippen LogP contribution in [-0.2, 0) is 6.67 Å². The van der Waals surface area contributed by atoms with Gasteiger partial charge in [-0.3, -0.25) is 9.36 Å². The first kappa shape index (κ1) is 14.3. The maximum atomic E-state index is 12.6. The predicted octanol–water partition coefficient (Wildman–Crippen LogP) is 4.28. The molecule has 0 fully saturated rings. The van der Waals surface area contributed by atoms with Crippen molar-refractivity contribution in [2.75, 3.05) is 0 Å². The minimum atomic E-state index is -0.502. The van der Waals surface area contributed by atoms with Crippen LogP contribution in [0.2, 0.25) is 0 Å². The van der Waals surface area contributed by atoms with E-state index < -0.39 is 6.67 Å². The number of pyridine rings is 1. The third kappa shape index (κ3) is 2.70. The molecule has 1 heterocycles. The van der Waals surface area contributed by atoms with Crippen LogP contribution in [-0.4, -0.2) is 4.57 Å². The van der Waals surface area contributed by atoms with Crippen LogP contribution in [0.5, 0.6) is 0 Å². The Morgan fingerprint density at radius 1 is 1.00 bits per heavy atom. The molecule has 110 valence electrons. The smallest absolute Gasteiger partial charge is 0.255 e. The molecule has 3 aromatic rings. The molecule has 0 radical (unpaired) electrons. The lowest BCUT2D eigenvalue weighted by molar-refractivity contribution is 0.485. The van der Waals surface area contributed by atoms with Crippen molar-refractivity contribution in [2.45, 2.75) is 13.6 Å². The number of halogens is 1. The summed E-state index contributed by atoms with van der Waals surface area (Å²) in [4.78, 5) is 12.3. The first-order chi connectivity index (χ1) is 10.7. The predicted molar refractivity (Wildman–Crippen MR) is 87.0 cm³/mol. The van der Waals surface area contributed by atoms with E-state index in [1.807, 2.05) is 43.5 Å². The Kier molecular flexibility index (Phi) is 3.88. The molecule has 22 heavy (non-hydrogen) atoms. The maximum Gasteiger partial charge on any atom is 0.255 e. The summed E-state index contributed by atoms with van der Waals surface area (Å²) in [6.45, 7) is 1.43. The zero-order chi connectivity index (χ0) is 15.5. The second-order valence-electron chi connectivity index (χ2n) is 5.24. The number of hydrogen-bond acceptors (Lipinski definition) is 1. The van der Waals surface area contributed by atoms with E-state index in [2.05, 4.69) is 0 Å². The zero-order valence-corrected chi connectivity index (χ0v) is 12.3. The van der Waals surface area contributed by atoms with E-state index in [0.29, 0.717) is 5.56 Å². The minimum Gasteiger partial charge on any atom is -0.284 e. The van der Waals surface area contributed by atoms with Crippen molar-refractivity contribution in [3.05, 3.63) is 88.3 Å². The van der Waals surface area contributed by atoms with Crippen molar-refractivity contribution >= 4 is 0 Å². The first-order valence-electron chi connectivity index (χ1n) is 7.13. The fourth-order valence-electron chi connectivity index (χ4n) is 2.49. The summed E-state index contributed by atoms with van der Waals surface area (Å²) in [7, 11) is 0.